The maximum Gasteiger partial charge on any atom is 0.270 e. The van der Waals surface area contributed by atoms with Crippen LogP contribution in [0.5, 0.6) is 0 Å². The van der Waals surface area contributed by atoms with E-state index in [-0.39, 0.29) is 5.91 Å². The van der Waals surface area contributed by atoms with Crippen LogP contribution in [-0.2, 0) is 6.42 Å². The number of carbonyl (C=O) groups is 1. The van der Waals surface area contributed by atoms with Crippen LogP contribution in [-0.4, -0.2) is 22.4 Å². The van der Waals surface area contributed by atoms with Gasteiger partial charge in [-0.15, -0.1) is 0 Å². The average molecular weight is 332 g/mol. The topological polar surface area (TPSA) is 66.9 Å². The molecule has 3 aromatic rings. The van der Waals surface area contributed by atoms with Gasteiger partial charge in [0.25, 0.3) is 5.91 Å². The number of hydrogen-bond donors (Lipinski definition) is 2. The summed E-state index contributed by atoms with van der Waals surface area (Å²) in [5.74, 6) is 0.205. The normalized spacial score (nSPS) is 10.3. The maximum absolute atomic E-state index is 12.3. The molecule has 0 atom stereocenters. The van der Waals surface area contributed by atoms with Crippen LogP contribution in [0.4, 0.5) is 11.6 Å². The van der Waals surface area contributed by atoms with E-state index in [1.807, 2.05) is 61.5 Å². The molecule has 3 rings (SSSR count). The van der Waals surface area contributed by atoms with Gasteiger partial charge >= 0.3 is 0 Å². The fraction of sp³-hybridized carbons (Fsp3) is 0.150. The SMILES string of the molecule is Cc1ccccc1Nc1nccc(C(=O)NCCc2ccccc2)n1. The standard InChI is InChI=1S/C20H20N4O/c1-15-7-5-6-10-17(15)23-20-22-14-12-18(24-20)19(25)21-13-11-16-8-3-2-4-9-16/h2-10,12,14H,11,13H2,1H3,(H,21,25)(H,22,23,24). The van der Waals surface area contributed by atoms with Crippen LogP contribution in [0.3, 0.4) is 0 Å². The fourth-order valence-corrected chi connectivity index (χ4v) is 2.43. The molecule has 5 heteroatoms. The zero-order chi connectivity index (χ0) is 17.5. The first-order valence-electron chi connectivity index (χ1n) is 8.20. The lowest BCUT2D eigenvalue weighted by Crippen LogP contribution is -2.26. The number of aryl methyl sites for hydroxylation is 1. The van der Waals surface area contributed by atoms with Crippen LogP contribution in [0.25, 0.3) is 0 Å². The Hall–Kier alpha value is -3.21. The van der Waals surface area contributed by atoms with Gasteiger partial charge in [0, 0.05) is 18.4 Å². The van der Waals surface area contributed by atoms with Gasteiger partial charge < -0.3 is 10.6 Å². The maximum atomic E-state index is 12.3. The number of amides is 1. The van der Waals surface area contributed by atoms with E-state index in [2.05, 4.69) is 20.6 Å². The summed E-state index contributed by atoms with van der Waals surface area (Å²) in [5.41, 5.74) is 3.54. The number of benzene rings is 2. The van der Waals surface area contributed by atoms with E-state index in [0.29, 0.717) is 18.2 Å². The minimum absolute atomic E-state index is 0.203. The smallest absolute Gasteiger partial charge is 0.270 e. The Morgan fingerprint density at radius 3 is 2.56 bits per heavy atom. The van der Waals surface area contributed by atoms with Gasteiger partial charge in [-0.3, -0.25) is 4.79 Å². The molecule has 1 aromatic heterocycles. The van der Waals surface area contributed by atoms with Crippen molar-refractivity contribution in [1.82, 2.24) is 15.3 Å². The molecule has 126 valence electrons. The van der Waals surface area contributed by atoms with E-state index < -0.39 is 0 Å². The summed E-state index contributed by atoms with van der Waals surface area (Å²) in [6.45, 7) is 2.57. The van der Waals surface area contributed by atoms with E-state index in [1.165, 1.54) is 5.56 Å². The molecule has 0 unspecified atom stereocenters. The van der Waals surface area contributed by atoms with Crippen LogP contribution < -0.4 is 10.6 Å². The van der Waals surface area contributed by atoms with Gasteiger partial charge in [0.1, 0.15) is 5.69 Å². The van der Waals surface area contributed by atoms with Crippen LogP contribution in [0, 0.1) is 6.92 Å². The molecule has 0 radical (unpaired) electrons. The highest BCUT2D eigenvalue weighted by Crippen LogP contribution is 2.17. The molecule has 0 aliphatic rings. The molecule has 1 heterocycles. The van der Waals surface area contributed by atoms with Crippen LogP contribution in [0.15, 0.2) is 66.9 Å². The number of hydrogen-bond acceptors (Lipinski definition) is 4. The van der Waals surface area contributed by atoms with Crippen molar-refractivity contribution in [1.29, 1.82) is 0 Å². The summed E-state index contributed by atoms with van der Waals surface area (Å²) in [7, 11) is 0. The van der Waals surface area contributed by atoms with Gasteiger partial charge in [0.2, 0.25) is 5.95 Å². The first-order valence-corrected chi connectivity index (χ1v) is 8.20. The van der Waals surface area contributed by atoms with Crippen molar-refractivity contribution in [2.75, 3.05) is 11.9 Å². The van der Waals surface area contributed by atoms with Gasteiger partial charge in [-0.1, -0.05) is 48.5 Å². The van der Waals surface area contributed by atoms with Crippen molar-refractivity contribution in [2.24, 2.45) is 0 Å². The molecule has 0 bridgehead atoms. The number of para-hydroxylation sites is 1. The number of anilines is 2. The van der Waals surface area contributed by atoms with Crippen molar-refractivity contribution in [3.05, 3.63) is 83.7 Å². The lowest BCUT2D eigenvalue weighted by atomic mass is 10.1. The highest BCUT2D eigenvalue weighted by molar-refractivity contribution is 5.92. The second kappa shape index (κ2) is 8.06. The molecule has 25 heavy (non-hydrogen) atoms. The molecule has 0 aliphatic carbocycles. The minimum Gasteiger partial charge on any atom is -0.350 e. The second-order valence-electron chi connectivity index (χ2n) is 5.70. The third kappa shape index (κ3) is 4.64. The van der Waals surface area contributed by atoms with Crippen molar-refractivity contribution < 1.29 is 4.79 Å². The highest BCUT2D eigenvalue weighted by Gasteiger charge is 2.09. The van der Waals surface area contributed by atoms with Crippen LogP contribution in [0.1, 0.15) is 21.6 Å². The summed E-state index contributed by atoms with van der Waals surface area (Å²) >= 11 is 0. The Labute approximate surface area is 147 Å². The Morgan fingerprint density at radius 2 is 1.76 bits per heavy atom. The molecule has 5 nitrogen and oxygen atoms in total. The summed E-state index contributed by atoms with van der Waals surface area (Å²) in [6, 6.07) is 19.5. The zero-order valence-electron chi connectivity index (χ0n) is 14.1. The second-order valence-corrected chi connectivity index (χ2v) is 5.70. The third-order valence-corrected chi connectivity index (χ3v) is 3.82. The van der Waals surface area contributed by atoms with Gasteiger partial charge in [-0.2, -0.15) is 0 Å². The van der Waals surface area contributed by atoms with Gasteiger partial charge in [-0.05, 0) is 36.6 Å². The molecular weight excluding hydrogens is 312 g/mol. The summed E-state index contributed by atoms with van der Waals surface area (Å²) in [5, 5.41) is 6.04. The molecule has 0 fully saturated rings. The quantitative estimate of drug-likeness (QED) is 0.725. The van der Waals surface area contributed by atoms with E-state index in [1.54, 1.807) is 12.3 Å². The zero-order valence-corrected chi connectivity index (χ0v) is 14.1. The van der Waals surface area contributed by atoms with Crippen molar-refractivity contribution >= 4 is 17.5 Å². The molecule has 0 aliphatic heterocycles. The molecule has 0 saturated carbocycles. The number of carbonyl (C=O) groups excluding carboxylic acids is 1. The Morgan fingerprint density at radius 1 is 1.00 bits per heavy atom. The first-order chi connectivity index (χ1) is 12.2. The molecular formula is C20H20N4O. The van der Waals surface area contributed by atoms with Crippen LogP contribution in [0.2, 0.25) is 0 Å². The Bertz CT molecular complexity index is 849. The van der Waals surface area contributed by atoms with E-state index in [4.69, 9.17) is 0 Å². The average Bonchev–Trinajstić information content (AvgIpc) is 2.65. The largest absolute Gasteiger partial charge is 0.350 e. The molecule has 1 amide bonds. The fourth-order valence-electron chi connectivity index (χ4n) is 2.43. The van der Waals surface area contributed by atoms with Crippen molar-refractivity contribution in [3.63, 3.8) is 0 Å². The molecule has 2 N–H and O–H groups in total. The van der Waals surface area contributed by atoms with Gasteiger partial charge in [-0.25, -0.2) is 9.97 Å². The van der Waals surface area contributed by atoms with E-state index in [9.17, 15) is 4.79 Å². The van der Waals surface area contributed by atoms with Gasteiger partial charge in [0.05, 0.1) is 0 Å². The van der Waals surface area contributed by atoms with Crippen molar-refractivity contribution in [3.8, 4) is 0 Å². The number of nitrogens with zero attached hydrogens (tertiary/aromatic N) is 2. The lowest BCUT2D eigenvalue weighted by molar-refractivity contribution is 0.0949. The number of nitrogens with one attached hydrogen (secondary N) is 2. The highest BCUT2D eigenvalue weighted by atomic mass is 16.1. The monoisotopic (exact) mass is 332 g/mol. The van der Waals surface area contributed by atoms with Crippen LogP contribution >= 0.6 is 0 Å². The number of aromatic nitrogens is 2. The first kappa shape index (κ1) is 16.6. The lowest BCUT2D eigenvalue weighted by Gasteiger charge is -2.09. The predicted octanol–water partition coefficient (Wildman–Crippen LogP) is 3.50. The predicted molar refractivity (Wildman–Crippen MR) is 99.0 cm³/mol. The Kier molecular flexibility index (Phi) is 5.36. The third-order valence-electron chi connectivity index (χ3n) is 3.82. The van der Waals surface area contributed by atoms with E-state index >= 15 is 0 Å². The summed E-state index contributed by atoms with van der Waals surface area (Å²) < 4.78 is 0. The summed E-state index contributed by atoms with van der Waals surface area (Å²) in [4.78, 5) is 20.8. The minimum atomic E-state index is -0.203. The molecule has 2 aromatic carbocycles. The Balaban J connectivity index is 1.60. The van der Waals surface area contributed by atoms with E-state index in [0.717, 1.165) is 17.7 Å². The molecule has 0 saturated heterocycles. The molecule has 0 spiro atoms. The van der Waals surface area contributed by atoms with Gasteiger partial charge in [0.15, 0.2) is 0 Å². The number of rotatable bonds is 6. The van der Waals surface area contributed by atoms with Crippen molar-refractivity contribution in [2.45, 2.75) is 13.3 Å². The summed E-state index contributed by atoms with van der Waals surface area (Å²) in [6.07, 6.45) is 2.37.